The summed E-state index contributed by atoms with van der Waals surface area (Å²) in [6.07, 6.45) is 1.66. The van der Waals surface area contributed by atoms with Crippen molar-refractivity contribution in [3.63, 3.8) is 0 Å². The smallest absolute Gasteiger partial charge is 0.338 e. The largest absolute Gasteiger partial charge is 0.484 e. The number of benzene rings is 2. The van der Waals surface area contributed by atoms with Crippen LogP contribution in [0.1, 0.15) is 37.0 Å². The standard InChI is InChI=1S/C28H22Cl2N2O5S/c1-3-35-27(34)23-16(2)31-28-32(25(23)17-8-5-4-6-9-17)26(33)22(38-28)14-18-12-13-19(37-18)15-36-21-11-7-10-20(29)24(21)30/h4-14,25H,3,15H2,1-2H3/t25-/m0/s1. The van der Waals surface area contributed by atoms with Crippen LogP contribution in [0.3, 0.4) is 0 Å². The van der Waals surface area contributed by atoms with Gasteiger partial charge in [-0.05, 0) is 43.7 Å². The van der Waals surface area contributed by atoms with E-state index >= 15 is 0 Å². The second-order valence-electron chi connectivity index (χ2n) is 8.36. The molecule has 4 aromatic rings. The maximum atomic E-state index is 13.6. The van der Waals surface area contributed by atoms with Gasteiger partial charge in [0.2, 0.25) is 0 Å². The maximum absolute atomic E-state index is 13.6. The topological polar surface area (TPSA) is 83.0 Å². The number of furan rings is 1. The van der Waals surface area contributed by atoms with Crippen molar-refractivity contribution in [3.05, 3.63) is 119 Å². The van der Waals surface area contributed by atoms with E-state index in [1.807, 2.05) is 30.3 Å². The first-order chi connectivity index (χ1) is 18.4. The van der Waals surface area contributed by atoms with Crippen LogP contribution in [0.15, 0.2) is 86.1 Å². The number of fused-ring (bicyclic) bond motifs is 1. The van der Waals surface area contributed by atoms with Gasteiger partial charge in [0.05, 0.1) is 33.5 Å². The molecule has 1 aliphatic heterocycles. The summed E-state index contributed by atoms with van der Waals surface area (Å²) < 4.78 is 18.9. The van der Waals surface area contributed by atoms with Crippen LogP contribution in [0, 0.1) is 0 Å². The number of aromatic nitrogens is 1. The van der Waals surface area contributed by atoms with Crippen molar-refractivity contribution in [2.45, 2.75) is 26.5 Å². The molecule has 1 aliphatic rings. The summed E-state index contributed by atoms with van der Waals surface area (Å²) in [4.78, 5) is 31.6. The molecular formula is C28H22Cl2N2O5S. The molecule has 7 nitrogen and oxygen atoms in total. The lowest BCUT2D eigenvalue weighted by Crippen LogP contribution is -2.39. The second kappa shape index (κ2) is 11.0. The Morgan fingerprint density at radius 3 is 2.68 bits per heavy atom. The highest BCUT2D eigenvalue weighted by atomic mass is 35.5. The number of esters is 1. The predicted octanol–water partition coefficient (Wildman–Crippen LogP) is 5.28. The van der Waals surface area contributed by atoms with E-state index < -0.39 is 12.0 Å². The summed E-state index contributed by atoms with van der Waals surface area (Å²) in [5.74, 6) is 0.970. The molecule has 2 aromatic heterocycles. The predicted molar refractivity (Wildman–Crippen MR) is 146 cm³/mol. The zero-order valence-electron chi connectivity index (χ0n) is 20.4. The summed E-state index contributed by atoms with van der Waals surface area (Å²) in [5.41, 5.74) is 1.36. The van der Waals surface area contributed by atoms with Crippen molar-refractivity contribution in [1.82, 2.24) is 4.57 Å². The van der Waals surface area contributed by atoms with Gasteiger partial charge in [0.1, 0.15) is 28.9 Å². The summed E-state index contributed by atoms with van der Waals surface area (Å²) in [7, 11) is 0. The van der Waals surface area contributed by atoms with Crippen LogP contribution >= 0.6 is 34.5 Å². The number of hydrogen-bond acceptors (Lipinski definition) is 7. The molecule has 0 N–H and O–H groups in total. The molecule has 0 amide bonds. The lowest BCUT2D eigenvalue weighted by atomic mass is 9.96. The number of carbonyl (C=O) groups is 1. The zero-order valence-corrected chi connectivity index (χ0v) is 22.8. The molecule has 3 heterocycles. The van der Waals surface area contributed by atoms with Gasteiger partial charge in [0, 0.05) is 6.08 Å². The molecule has 0 saturated carbocycles. The zero-order chi connectivity index (χ0) is 26.8. The lowest BCUT2D eigenvalue weighted by molar-refractivity contribution is -0.139. The molecule has 38 heavy (non-hydrogen) atoms. The van der Waals surface area contributed by atoms with Crippen LogP contribution < -0.4 is 19.6 Å². The van der Waals surface area contributed by atoms with Crippen molar-refractivity contribution in [1.29, 1.82) is 0 Å². The molecule has 0 fully saturated rings. The normalized spacial score (nSPS) is 15.3. The van der Waals surface area contributed by atoms with E-state index in [2.05, 4.69) is 4.99 Å². The average Bonchev–Trinajstić information content (AvgIpc) is 3.48. The van der Waals surface area contributed by atoms with Crippen LogP contribution in [0.5, 0.6) is 5.75 Å². The third kappa shape index (κ3) is 5.07. The number of allylic oxidation sites excluding steroid dienone is 1. The maximum Gasteiger partial charge on any atom is 0.338 e. The van der Waals surface area contributed by atoms with Gasteiger partial charge in [0.15, 0.2) is 4.80 Å². The van der Waals surface area contributed by atoms with Gasteiger partial charge in [-0.2, -0.15) is 0 Å². The number of halogens is 2. The van der Waals surface area contributed by atoms with Gasteiger partial charge in [-0.15, -0.1) is 0 Å². The summed E-state index contributed by atoms with van der Waals surface area (Å²) in [6.45, 7) is 3.85. The molecule has 2 aromatic carbocycles. The highest BCUT2D eigenvalue weighted by Gasteiger charge is 2.33. The van der Waals surface area contributed by atoms with Crippen molar-refractivity contribution >= 4 is 46.6 Å². The second-order valence-corrected chi connectivity index (χ2v) is 10.2. The number of rotatable bonds is 7. The number of nitrogens with zero attached hydrogens (tertiary/aromatic N) is 2. The first kappa shape index (κ1) is 26.0. The van der Waals surface area contributed by atoms with Crippen molar-refractivity contribution in [3.8, 4) is 5.75 Å². The molecule has 1 atom stereocenters. The number of hydrogen-bond donors (Lipinski definition) is 0. The van der Waals surface area contributed by atoms with E-state index in [1.54, 1.807) is 54.8 Å². The van der Waals surface area contributed by atoms with E-state index in [4.69, 9.17) is 37.1 Å². The highest BCUT2D eigenvalue weighted by molar-refractivity contribution is 7.07. The van der Waals surface area contributed by atoms with Gasteiger partial charge >= 0.3 is 5.97 Å². The molecule has 10 heteroatoms. The Labute approximate surface area is 231 Å². The summed E-state index contributed by atoms with van der Waals surface area (Å²) in [6, 6.07) is 17.4. The van der Waals surface area contributed by atoms with Crippen molar-refractivity contribution < 1.29 is 18.7 Å². The van der Waals surface area contributed by atoms with Gasteiger partial charge < -0.3 is 13.9 Å². The lowest BCUT2D eigenvalue weighted by Gasteiger charge is -2.24. The van der Waals surface area contributed by atoms with Crippen LogP contribution in [0.25, 0.3) is 6.08 Å². The van der Waals surface area contributed by atoms with E-state index in [9.17, 15) is 9.59 Å². The summed E-state index contributed by atoms with van der Waals surface area (Å²) in [5, 5.41) is 0.724. The SMILES string of the molecule is CCOC(=O)C1=C(C)N=c2sc(=Cc3ccc(COc4cccc(Cl)c4Cl)o3)c(=O)n2[C@H]1c1ccccc1. The first-order valence-electron chi connectivity index (χ1n) is 11.8. The van der Waals surface area contributed by atoms with E-state index in [0.29, 0.717) is 47.9 Å². The fourth-order valence-electron chi connectivity index (χ4n) is 4.17. The molecule has 0 saturated heterocycles. The van der Waals surface area contributed by atoms with Crippen LogP contribution in [0.4, 0.5) is 0 Å². The molecule has 0 bridgehead atoms. The molecular weight excluding hydrogens is 547 g/mol. The fourth-order valence-corrected chi connectivity index (χ4v) is 5.54. The number of thiazole rings is 1. The van der Waals surface area contributed by atoms with E-state index in [0.717, 1.165) is 5.56 Å². The van der Waals surface area contributed by atoms with E-state index in [-0.39, 0.29) is 18.8 Å². The van der Waals surface area contributed by atoms with E-state index in [1.165, 1.54) is 11.3 Å². The van der Waals surface area contributed by atoms with Crippen LogP contribution in [-0.4, -0.2) is 17.1 Å². The highest BCUT2D eigenvalue weighted by Crippen LogP contribution is 2.32. The average molecular weight is 569 g/mol. The van der Waals surface area contributed by atoms with Crippen molar-refractivity contribution in [2.24, 2.45) is 4.99 Å². The quantitative estimate of drug-likeness (QED) is 0.283. The number of ether oxygens (including phenoxy) is 2. The van der Waals surface area contributed by atoms with Gasteiger partial charge in [-0.25, -0.2) is 9.79 Å². The molecule has 5 rings (SSSR count). The Balaban J connectivity index is 1.50. The third-order valence-corrected chi connectivity index (χ3v) is 7.66. The number of carbonyl (C=O) groups excluding carboxylic acids is 1. The first-order valence-corrected chi connectivity index (χ1v) is 13.3. The summed E-state index contributed by atoms with van der Waals surface area (Å²) >= 11 is 13.5. The molecule has 0 radical (unpaired) electrons. The minimum atomic E-state index is -0.656. The molecule has 0 aliphatic carbocycles. The monoisotopic (exact) mass is 568 g/mol. The molecule has 0 unspecified atom stereocenters. The molecule has 0 spiro atoms. The Morgan fingerprint density at radius 1 is 1.13 bits per heavy atom. The van der Waals surface area contributed by atoms with Gasteiger partial charge in [0.25, 0.3) is 5.56 Å². The molecule has 194 valence electrons. The Hall–Kier alpha value is -3.59. The Morgan fingerprint density at radius 2 is 1.92 bits per heavy atom. The van der Waals surface area contributed by atoms with Gasteiger partial charge in [-0.3, -0.25) is 9.36 Å². The fraction of sp³-hybridized carbons (Fsp3) is 0.179. The minimum Gasteiger partial charge on any atom is -0.484 e. The van der Waals surface area contributed by atoms with Crippen LogP contribution in [0.2, 0.25) is 10.0 Å². The van der Waals surface area contributed by atoms with Crippen molar-refractivity contribution in [2.75, 3.05) is 6.61 Å². The minimum absolute atomic E-state index is 0.130. The van der Waals surface area contributed by atoms with Crippen LogP contribution in [-0.2, 0) is 16.1 Å². The Bertz CT molecular complexity index is 1720. The third-order valence-electron chi connectivity index (χ3n) is 5.87. The Kier molecular flexibility index (Phi) is 7.56. The van der Waals surface area contributed by atoms with Gasteiger partial charge in [-0.1, -0.05) is 70.9 Å².